The summed E-state index contributed by atoms with van der Waals surface area (Å²) in [5, 5.41) is 0. The molecule has 0 aliphatic carbocycles. The van der Waals surface area contributed by atoms with Gasteiger partial charge < -0.3 is 0 Å². The monoisotopic (exact) mass is 179 g/mol. The van der Waals surface area contributed by atoms with E-state index in [2.05, 4.69) is 0 Å². The van der Waals surface area contributed by atoms with E-state index in [-0.39, 0.29) is 0 Å². The molecule has 11 heavy (non-hydrogen) atoms. The second kappa shape index (κ2) is 3.82. The van der Waals surface area contributed by atoms with Crippen molar-refractivity contribution in [2.45, 2.75) is 24.9 Å². The summed E-state index contributed by atoms with van der Waals surface area (Å²) >= 11 is 0. The Labute approximate surface area is 59.2 Å². The number of rotatable bonds is 4. The number of hydrogen-bond acceptors (Lipinski definition) is 0. The molecular weight excluding hydrogens is 174 g/mol. The zero-order valence-electron chi connectivity index (χ0n) is 5.21. The molecule has 0 aliphatic heterocycles. The molecular formula is C5H5F6. The lowest BCUT2D eigenvalue weighted by Crippen LogP contribution is -2.25. The van der Waals surface area contributed by atoms with Crippen LogP contribution < -0.4 is 0 Å². The molecule has 0 spiro atoms. The molecule has 0 fully saturated rings. The van der Waals surface area contributed by atoms with E-state index in [9.17, 15) is 26.3 Å². The van der Waals surface area contributed by atoms with Crippen LogP contribution in [-0.4, -0.2) is 18.5 Å². The quantitative estimate of drug-likeness (QED) is 0.582. The highest BCUT2D eigenvalue weighted by Crippen LogP contribution is 2.27. The molecule has 0 bridgehead atoms. The van der Waals surface area contributed by atoms with Crippen molar-refractivity contribution in [3.05, 3.63) is 6.67 Å². The van der Waals surface area contributed by atoms with Gasteiger partial charge in [-0.25, -0.2) is 26.3 Å². The zero-order chi connectivity index (χ0) is 9.07. The maximum Gasteiger partial charge on any atom is 0.284 e. The van der Waals surface area contributed by atoms with Gasteiger partial charge in [-0.15, -0.1) is 0 Å². The molecule has 6 heteroatoms. The molecule has 0 aromatic carbocycles. The van der Waals surface area contributed by atoms with Crippen LogP contribution >= 0.6 is 0 Å². The van der Waals surface area contributed by atoms with Crippen molar-refractivity contribution in [3.8, 4) is 0 Å². The van der Waals surface area contributed by atoms with Gasteiger partial charge in [-0.1, -0.05) is 0 Å². The van der Waals surface area contributed by atoms with Crippen molar-refractivity contribution in [2.24, 2.45) is 0 Å². The van der Waals surface area contributed by atoms with Gasteiger partial charge in [0.2, 0.25) is 6.67 Å². The highest BCUT2D eigenvalue weighted by molar-refractivity contribution is 4.79. The van der Waals surface area contributed by atoms with Gasteiger partial charge in [-0.05, 0) is 0 Å². The Morgan fingerprint density at radius 1 is 1.18 bits per heavy atom. The molecule has 0 saturated heterocycles. The number of halogens is 6. The molecule has 1 atom stereocenters. The normalized spacial score (nSPS) is 15.5. The summed E-state index contributed by atoms with van der Waals surface area (Å²) in [6.45, 7) is -1.10. The van der Waals surface area contributed by atoms with Crippen molar-refractivity contribution in [3.63, 3.8) is 0 Å². The molecule has 0 saturated carbocycles. The average molecular weight is 179 g/mol. The summed E-state index contributed by atoms with van der Waals surface area (Å²) in [6, 6.07) is 0. The first-order valence-corrected chi connectivity index (χ1v) is 2.63. The molecule has 0 nitrogen and oxygen atoms in total. The molecule has 0 heterocycles. The first kappa shape index (κ1) is 10.6. The van der Waals surface area contributed by atoms with E-state index in [0.717, 1.165) is 0 Å². The lowest BCUT2D eigenvalue weighted by atomic mass is 10.2. The Morgan fingerprint density at radius 3 is 1.91 bits per heavy atom. The largest absolute Gasteiger partial charge is 0.284 e. The van der Waals surface area contributed by atoms with E-state index >= 15 is 0 Å². The lowest BCUT2D eigenvalue weighted by molar-refractivity contribution is -0.0520. The molecule has 1 unspecified atom stereocenters. The van der Waals surface area contributed by atoms with Crippen LogP contribution in [-0.2, 0) is 0 Å². The molecule has 0 aromatic heterocycles. The fourth-order valence-corrected chi connectivity index (χ4v) is 0.394. The highest BCUT2D eigenvalue weighted by Gasteiger charge is 2.37. The SMILES string of the molecule is F[CH]C(F)(F)CC(F)C(F)F. The van der Waals surface area contributed by atoms with Crippen LogP contribution in [0.4, 0.5) is 26.3 Å². The van der Waals surface area contributed by atoms with Crippen LogP contribution in [0.25, 0.3) is 0 Å². The van der Waals surface area contributed by atoms with Crippen LogP contribution in [0.2, 0.25) is 0 Å². The molecule has 0 rings (SSSR count). The van der Waals surface area contributed by atoms with Crippen LogP contribution in [0.1, 0.15) is 6.42 Å². The van der Waals surface area contributed by atoms with Gasteiger partial charge in [0.15, 0.2) is 6.17 Å². The second-order valence-corrected chi connectivity index (χ2v) is 1.92. The second-order valence-electron chi connectivity index (χ2n) is 1.92. The lowest BCUT2D eigenvalue weighted by Gasteiger charge is -2.13. The molecule has 0 amide bonds. The van der Waals surface area contributed by atoms with Crippen LogP contribution in [0.3, 0.4) is 0 Å². The van der Waals surface area contributed by atoms with Gasteiger partial charge in [-0.2, -0.15) is 0 Å². The minimum atomic E-state index is -4.10. The van der Waals surface area contributed by atoms with Crippen LogP contribution in [0.15, 0.2) is 0 Å². The predicted molar refractivity (Wildman–Crippen MR) is 25.9 cm³/mol. The Hall–Kier alpha value is -0.420. The zero-order valence-corrected chi connectivity index (χ0v) is 5.21. The number of alkyl halides is 5. The third-order valence-electron chi connectivity index (χ3n) is 0.900. The van der Waals surface area contributed by atoms with E-state index in [1.54, 1.807) is 0 Å². The van der Waals surface area contributed by atoms with Crippen molar-refractivity contribution < 1.29 is 26.3 Å². The van der Waals surface area contributed by atoms with Crippen molar-refractivity contribution in [1.82, 2.24) is 0 Å². The van der Waals surface area contributed by atoms with E-state index in [4.69, 9.17) is 0 Å². The van der Waals surface area contributed by atoms with Crippen LogP contribution in [0, 0.1) is 6.67 Å². The fourth-order valence-electron chi connectivity index (χ4n) is 0.394. The summed E-state index contributed by atoms with van der Waals surface area (Å²) in [7, 11) is 0. The summed E-state index contributed by atoms with van der Waals surface area (Å²) < 4.78 is 68.9. The fraction of sp³-hybridized carbons (Fsp3) is 0.800. The third kappa shape index (κ3) is 4.10. The Bertz CT molecular complexity index is 112. The van der Waals surface area contributed by atoms with Crippen molar-refractivity contribution in [2.75, 3.05) is 0 Å². The van der Waals surface area contributed by atoms with Gasteiger partial charge in [0, 0.05) is 0 Å². The van der Waals surface area contributed by atoms with Crippen molar-refractivity contribution in [1.29, 1.82) is 0 Å². The summed E-state index contributed by atoms with van der Waals surface area (Å²) in [6.07, 6.45) is -8.31. The molecule has 0 N–H and O–H groups in total. The molecule has 1 radical (unpaired) electrons. The minimum absolute atomic E-state index is 1.10. The standard InChI is InChI=1S/C5H5F6/c6-2-5(10,11)1-3(7)4(8)9/h2-4H,1H2. The summed E-state index contributed by atoms with van der Waals surface area (Å²) in [5.41, 5.74) is 0. The van der Waals surface area contributed by atoms with E-state index < -0.39 is 31.6 Å². The van der Waals surface area contributed by atoms with Crippen molar-refractivity contribution >= 4 is 0 Å². The van der Waals surface area contributed by atoms with Crippen LogP contribution in [0.5, 0.6) is 0 Å². The maximum absolute atomic E-state index is 11.8. The Morgan fingerprint density at radius 2 is 1.64 bits per heavy atom. The topological polar surface area (TPSA) is 0 Å². The average Bonchev–Trinajstić information content (AvgIpc) is 1.87. The first-order chi connectivity index (χ1) is 4.89. The molecule has 0 aliphatic rings. The van der Waals surface area contributed by atoms with Gasteiger partial charge in [0.25, 0.3) is 12.3 Å². The van der Waals surface area contributed by atoms with Gasteiger partial charge in [0.05, 0.1) is 6.42 Å². The van der Waals surface area contributed by atoms with E-state index in [0.29, 0.717) is 0 Å². The molecule has 67 valence electrons. The third-order valence-corrected chi connectivity index (χ3v) is 0.900. The van der Waals surface area contributed by atoms with E-state index in [1.165, 1.54) is 0 Å². The van der Waals surface area contributed by atoms with Gasteiger partial charge >= 0.3 is 0 Å². The minimum Gasteiger partial charge on any atom is -0.241 e. The first-order valence-electron chi connectivity index (χ1n) is 2.63. The van der Waals surface area contributed by atoms with E-state index in [1.807, 2.05) is 0 Å². The predicted octanol–water partition coefficient (Wildman–Crippen LogP) is 2.75. The maximum atomic E-state index is 11.8. The van der Waals surface area contributed by atoms with Gasteiger partial charge in [-0.3, -0.25) is 0 Å². The van der Waals surface area contributed by atoms with Gasteiger partial charge in [0.1, 0.15) is 0 Å². The smallest absolute Gasteiger partial charge is 0.241 e. The summed E-state index contributed by atoms with van der Waals surface area (Å²) in [5.74, 6) is -4.10. The Kier molecular flexibility index (Phi) is 3.68. The molecule has 0 aromatic rings. The Balaban J connectivity index is 3.83. The summed E-state index contributed by atoms with van der Waals surface area (Å²) in [4.78, 5) is 0. The number of hydrogen-bond donors (Lipinski definition) is 0. The highest BCUT2D eigenvalue weighted by atomic mass is 19.3.